The van der Waals surface area contributed by atoms with Crippen LogP contribution in [-0.4, -0.2) is 16.2 Å². The second kappa shape index (κ2) is 7.31. The number of rotatable bonds is 4. The van der Waals surface area contributed by atoms with Gasteiger partial charge in [0.15, 0.2) is 0 Å². The lowest BCUT2D eigenvalue weighted by Crippen LogP contribution is -2.31. The Hall–Kier alpha value is -2.93. The SMILES string of the molecule is C[C@@H](NC(=O)Nc1nc(-c2ccc(Cl)cc2)no1)c1ccc(F)cc1. The van der Waals surface area contributed by atoms with Crippen LogP contribution < -0.4 is 10.6 Å². The Morgan fingerprint density at radius 1 is 1.16 bits per heavy atom. The maximum atomic E-state index is 12.9. The number of nitrogens with one attached hydrogen (secondary N) is 2. The first kappa shape index (κ1) is 16.9. The first-order valence-electron chi connectivity index (χ1n) is 7.44. The molecule has 3 aromatic rings. The lowest BCUT2D eigenvalue weighted by molar-refractivity contribution is 0.248. The Bertz CT molecular complexity index is 865. The number of carbonyl (C=O) groups excluding carboxylic acids is 1. The number of halogens is 2. The van der Waals surface area contributed by atoms with E-state index in [0.29, 0.717) is 16.4 Å². The summed E-state index contributed by atoms with van der Waals surface area (Å²) in [6, 6.07) is 11.9. The monoisotopic (exact) mass is 360 g/mol. The molecule has 6 nitrogen and oxygen atoms in total. The normalized spacial score (nSPS) is 11.8. The van der Waals surface area contributed by atoms with E-state index in [1.807, 2.05) is 0 Å². The van der Waals surface area contributed by atoms with Gasteiger partial charge in [-0.25, -0.2) is 9.18 Å². The standard InChI is InChI=1S/C17H14ClFN4O2/c1-10(11-4-8-14(19)9-5-11)20-16(24)22-17-21-15(23-25-17)12-2-6-13(18)7-3-12/h2-10H,1H3,(H2,20,21,22,23,24)/t10-/m1/s1. The molecule has 0 aliphatic rings. The molecule has 25 heavy (non-hydrogen) atoms. The van der Waals surface area contributed by atoms with Crippen LogP contribution in [0.2, 0.25) is 5.02 Å². The number of anilines is 1. The summed E-state index contributed by atoms with van der Waals surface area (Å²) in [5.41, 5.74) is 1.48. The minimum Gasteiger partial charge on any atom is -0.331 e. The molecule has 0 radical (unpaired) electrons. The van der Waals surface area contributed by atoms with Crippen molar-refractivity contribution in [1.82, 2.24) is 15.5 Å². The van der Waals surface area contributed by atoms with Gasteiger partial charge in [0.1, 0.15) is 5.82 Å². The topological polar surface area (TPSA) is 80.0 Å². The molecule has 8 heteroatoms. The van der Waals surface area contributed by atoms with E-state index in [2.05, 4.69) is 20.8 Å². The maximum Gasteiger partial charge on any atom is 0.329 e. The number of urea groups is 1. The van der Waals surface area contributed by atoms with Crippen LogP contribution in [0.4, 0.5) is 15.2 Å². The molecule has 1 heterocycles. The summed E-state index contributed by atoms with van der Waals surface area (Å²) >= 11 is 5.83. The van der Waals surface area contributed by atoms with Crippen molar-refractivity contribution in [2.24, 2.45) is 0 Å². The molecule has 0 spiro atoms. The average Bonchev–Trinajstić information content (AvgIpc) is 3.04. The van der Waals surface area contributed by atoms with Gasteiger partial charge in [-0.3, -0.25) is 5.32 Å². The number of carbonyl (C=O) groups is 1. The highest BCUT2D eigenvalue weighted by atomic mass is 35.5. The van der Waals surface area contributed by atoms with Gasteiger partial charge in [-0.15, -0.1) is 0 Å². The smallest absolute Gasteiger partial charge is 0.329 e. The summed E-state index contributed by atoms with van der Waals surface area (Å²) in [5.74, 6) is -0.000426. The van der Waals surface area contributed by atoms with Crippen molar-refractivity contribution in [2.45, 2.75) is 13.0 Å². The molecule has 2 aromatic carbocycles. The van der Waals surface area contributed by atoms with Crippen molar-refractivity contribution in [3.8, 4) is 11.4 Å². The second-order valence-electron chi connectivity index (χ2n) is 5.30. The van der Waals surface area contributed by atoms with Gasteiger partial charge in [0.25, 0.3) is 0 Å². The fourth-order valence-electron chi connectivity index (χ4n) is 2.16. The van der Waals surface area contributed by atoms with Crippen molar-refractivity contribution >= 4 is 23.6 Å². The van der Waals surface area contributed by atoms with E-state index in [-0.39, 0.29) is 17.9 Å². The maximum absolute atomic E-state index is 12.9. The quantitative estimate of drug-likeness (QED) is 0.722. The lowest BCUT2D eigenvalue weighted by Gasteiger charge is -2.13. The molecule has 2 amide bonds. The molecule has 3 rings (SSSR count). The number of amides is 2. The van der Waals surface area contributed by atoms with Crippen LogP contribution in [0.15, 0.2) is 53.1 Å². The Morgan fingerprint density at radius 2 is 1.84 bits per heavy atom. The number of hydrogen-bond donors (Lipinski definition) is 2. The van der Waals surface area contributed by atoms with Crippen molar-refractivity contribution < 1.29 is 13.7 Å². The molecule has 0 saturated carbocycles. The summed E-state index contributed by atoms with van der Waals surface area (Å²) in [5, 5.41) is 9.57. The molecular formula is C17H14ClFN4O2. The van der Waals surface area contributed by atoms with Crippen molar-refractivity contribution in [3.05, 3.63) is 64.9 Å². The fourth-order valence-corrected chi connectivity index (χ4v) is 2.28. The Labute approximate surface area is 148 Å². The molecule has 2 N–H and O–H groups in total. The molecule has 0 bridgehead atoms. The van der Waals surface area contributed by atoms with Crippen LogP contribution in [-0.2, 0) is 0 Å². The first-order chi connectivity index (χ1) is 12.0. The zero-order chi connectivity index (χ0) is 17.8. The summed E-state index contributed by atoms with van der Waals surface area (Å²) in [4.78, 5) is 16.1. The van der Waals surface area contributed by atoms with E-state index < -0.39 is 6.03 Å². The molecule has 0 unspecified atom stereocenters. The molecule has 0 saturated heterocycles. The highest BCUT2D eigenvalue weighted by Gasteiger charge is 2.14. The van der Waals surface area contributed by atoms with E-state index in [9.17, 15) is 9.18 Å². The minimum atomic E-state index is -0.511. The molecule has 0 aliphatic heterocycles. The van der Waals surface area contributed by atoms with Crippen LogP contribution in [0.1, 0.15) is 18.5 Å². The Kier molecular flexibility index (Phi) is 4.95. The van der Waals surface area contributed by atoms with Crippen LogP contribution in [0, 0.1) is 5.82 Å². The van der Waals surface area contributed by atoms with E-state index in [0.717, 1.165) is 5.56 Å². The van der Waals surface area contributed by atoms with E-state index in [4.69, 9.17) is 16.1 Å². The molecule has 0 aliphatic carbocycles. The van der Waals surface area contributed by atoms with E-state index in [1.165, 1.54) is 12.1 Å². The predicted octanol–water partition coefficient (Wildman–Crippen LogP) is 4.41. The van der Waals surface area contributed by atoms with Gasteiger partial charge in [0.2, 0.25) is 5.82 Å². The lowest BCUT2D eigenvalue weighted by atomic mass is 10.1. The van der Waals surface area contributed by atoms with E-state index in [1.54, 1.807) is 43.3 Å². The van der Waals surface area contributed by atoms with Crippen LogP contribution in [0.3, 0.4) is 0 Å². The van der Waals surface area contributed by atoms with Gasteiger partial charge in [-0.2, -0.15) is 4.98 Å². The average molecular weight is 361 g/mol. The van der Waals surface area contributed by atoms with Crippen molar-refractivity contribution in [2.75, 3.05) is 5.32 Å². The fraction of sp³-hybridized carbons (Fsp3) is 0.118. The zero-order valence-electron chi connectivity index (χ0n) is 13.2. The van der Waals surface area contributed by atoms with Crippen molar-refractivity contribution in [1.29, 1.82) is 0 Å². The summed E-state index contributed by atoms with van der Waals surface area (Å²) in [6.07, 6.45) is 0. The van der Waals surface area contributed by atoms with Crippen LogP contribution >= 0.6 is 11.6 Å². The molecule has 1 atom stereocenters. The summed E-state index contributed by atoms with van der Waals surface area (Å²) < 4.78 is 17.9. The third-order valence-corrected chi connectivity index (χ3v) is 3.72. The van der Waals surface area contributed by atoms with Gasteiger partial charge >= 0.3 is 12.0 Å². The third-order valence-electron chi connectivity index (χ3n) is 3.47. The van der Waals surface area contributed by atoms with E-state index >= 15 is 0 Å². The summed E-state index contributed by atoms with van der Waals surface area (Å²) in [6.45, 7) is 1.78. The Balaban J connectivity index is 1.61. The van der Waals surface area contributed by atoms with Crippen molar-refractivity contribution in [3.63, 3.8) is 0 Å². The van der Waals surface area contributed by atoms with Gasteiger partial charge in [-0.1, -0.05) is 28.9 Å². The third kappa shape index (κ3) is 4.33. The van der Waals surface area contributed by atoms with Gasteiger partial charge in [0, 0.05) is 10.6 Å². The summed E-state index contributed by atoms with van der Waals surface area (Å²) in [7, 11) is 0. The zero-order valence-corrected chi connectivity index (χ0v) is 13.9. The largest absolute Gasteiger partial charge is 0.331 e. The molecule has 1 aromatic heterocycles. The number of nitrogens with zero attached hydrogens (tertiary/aromatic N) is 2. The van der Waals surface area contributed by atoms with Gasteiger partial charge in [0.05, 0.1) is 6.04 Å². The highest BCUT2D eigenvalue weighted by Crippen LogP contribution is 2.20. The molecule has 128 valence electrons. The first-order valence-corrected chi connectivity index (χ1v) is 7.82. The molecular weight excluding hydrogens is 347 g/mol. The molecule has 0 fully saturated rings. The minimum absolute atomic E-state index is 0.0336. The van der Waals surface area contributed by atoms with Gasteiger partial charge in [-0.05, 0) is 48.9 Å². The number of benzene rings is 2. The number of aromatic nitrogens is 2. The Morgan fingerprint density at radius 3 is 2.52 bits per heavy atom. The van der Waals surface area contributed by atoms with Crippen LogP contribution in [0.25, 0.3) is 11.4 Å². The van der Waals surface area contributed by atoms with Gasteiger partial charge < -0.3 is 9.84 Å². The number of hydrogen-bond acceptors (Lipinski definition) is 4. The second-order valence-corrected chi connectivity index (χ2v) is 5.74. The predicted molar refractivity (Wildman–Crippen MR) is 91.7 cm³/mol. The van der Waals surface area contributed by atoms with Crippen LogP contribution in [0.5, 0.6) is 0 Å². The highest BCUT2D eigenvalue weighted by molar-refractivity contribution is 6.30.